The van der Waals surface area contributed by atoms with Crippen LogP contribution in [0.2, 0.25) is 0 Å². The third-order valence-electron chi connectivity index (χ3n) is 2.79. The average Bonchev–Trinajstić information content (AvgIpc) is 2.62. The van der Waals surface area contributed by atoms with E-state index in [-0.39, 0.29) is 6.61 Å². The lowest BCUT2D eigenvalue weighted by atomic mass is 10.1. The average molecular weight is 203 g/mol. The van der Waals surface area contributed by atoms with Crippen LogP contribution in [-0.4, -0.2) is 16.3 Å². The highest BCUT2D eigenvalue weighted by Gasteiger charge is 2.06. The molecular weight excluding hydrogens is 186 g/mol. The van der Waals surface area contributed by atoms with Crippen LogP contribution in [-0.2, 0) is 6.42 Å². The third-order valence-corrected chi connectivity index (χ3v) is 2.79. The Hall–Kier alpha value is -1.28. The Kier molecular flexibility index (Phi) is 2.78. The second-order valence-corrected chi connectivity index (χ2v) is 4.14. The fourth-order valence-electron chi connectivity index (χ4n) is 2.04. The maximum absolute atomic E-state index is 8.99. The van der Waals surface area contributed by atoms with Gasteiger partial charge in [0.1, 0.15) is 0 Å². The molecule has 15 heavy (non-hydrogen) atoms. The normalized spacial score (nSPS) is 11.5. The molecule has 0 radical (unpaired) electrons. The second kappa shape index (κ2) is 4.07. The van der Waals surface area contributed by atoms with Gasteiger partial charge >= 0.3 is 0 Å². The molecule has 0 atom stereocenters. The minimum atomic E-state index is 0.214. The number of nitrogens with zero attached hydrogens (tertiary/aromatic N) is 1. The Morgan fingerprint density at radius 3 is 2.73 bits per heavy atom. The van der Waals surface area contributed by atoms with E-state index in [0.29, 0.717) is 6.04 Å². The van der Waals surface area contributed by atoms with E-state index in [9.17, 15) is 0 Å². The number of hydrogen-bond acceptors (Lipinski definition) is 1. The lowest BCUT2D eigenvalue weighted by Crippen LogP contribution is -1.98. The van der Waals surface area contributed by atoms with E-state index in [1.165, 1.54) is 16.5 Å². The summed E-state index contributed by atoms with van der Waals surface area (Å²) in [5.41, 5.74) is 2.49. The van der Waals surface area contributed by atoms with Crippen LogP contribution in [0.3, 0.4) is 0 Å². The van der Waals surface area contributed by atoms with Crippen molar-refractivity contribution < 1.29 is 5.11 Å². The molecule has 0 amide bonds. The molecule has 0 saturated heterocycles. The van der Waals surface area contributed by atoms with E-state index in [1.54, 1.807) is 0 Å². The van der Waals surface area contributed by atoms with Gasteiger partial charge in [-0.3, -0.25) is 0 Å². The number of benzene rings is 1. The summed E-state index contributed by atoms with van der Waals surface area (Å²) in [4.78, 5) is 0. The van der Waals surface area contributed by atoms with E-state index in [2.05, 4.69) is 48.9 Å². The number of aliphatic hydroxyl groups is 1. The topological polar surface area (TPSA) is 25.2 Å². The molecule has 0 fully saturated rings. The first-order valence-corrected chi connectivity index (χ1v) is 5.43. The Morgan fingerprint density at radius 1 is 1.27 bits per heavy atom. The first-order valence-electron chi connectivity index (χ1n) is 5.43. The van der Waals surface area contributed by atoms with Crippen LogP contribution in [0.15, 0.2) is 30.5 Å². The molecule has 2 heteroatoms. The molecule has 0 bridgehead atoms. The van der Waals surface area contributed by atoms with Crippen molar-refractivity contribution in [2.45, 2.75) is 26.3 Å². The van der Waals surface area contributed by atoms with Gasteiger partial charge in [0.25, 0.3) is 0 Å². The standard InChI is InChI=1S/C13H17NO/c1-10(2)14-8-6-12-11(7-9-15)4-3-5-13(12)14/h3-6,8,10,15H,7,9H2,1-2H3. The van der Waals surface area contributed by atoms with Crippen LogP contribution < -0.4 is 0 Å². The highest BCUT2D eigenvalue weighted by atomic mass is 16.2. The van der Waals surface area contributed by atoms with Crippen LogP contribution >= 0.6 is 0 Å². The minimum absolute atomic E-state index is 0.214. The zero-order valence-electron chi connectivity index (χ0n) is 9.27. The van der Waals surface area contributed by atoms with Crippen LogP contribution in [0.4, 0.5) is 0 Å². The highest BCUT2D eigenvalue weighted by Crippen LogP contribution is 2.23. The molecule has 2 rings (SSSR count). The van der Waals surface area contributed by atoms with Gasteiger partial charge in [-0.2, -0.15) is 0 Å². The lowest BCUT2D eigenvalue weighted by Gasteiger charge is -2.09. The van der Waals surface area contributed by atoms with Gasteiger partial charge < -0.3 is 9.67 Å². The zero-order chi connectivity index (χ0) is 10.8. The fraction of sp³-hybridized carbons (Fsp3) is 0.385. The van der Waals surface area contributed by atoms with Crippen molar-refractivity contribution >= 4 is 10.9 Å². The minimum Gasteiger partial charge on any atom is -0.396 e. The van der Waals surface area contributed by atoms with Gasteiger partial charge in [-0.25, -0.2) is 0 Å². The van der Waals surface area contributed by atoms with Crippen LogP contribution in [0.25, 0.3) is 10.9 Å². The molecule has 80 valence electrons. The molecule has 1 N–H and O–H groups in total. The number of fused-ring (bicyclic) bond motifs is 1. The number of aromatic nitrogens is 1. The Bertz CT molecular complexity index is 457. The van der Waals surface area contributed by atoms with Gasteiger partial charge in [0.2, 0.25) is 0 Å². The first-order chi connectivity index (χ1) is 7.24. The Morgan fingerprint density at radius 2 is 2.07 bits per heavy atom. The van der Waals surface area contributed by atoms with Crippen molar-refractivity contribution in [3.63, 3.8) is 0 Å². The first kappa shape index (κ1) is 10.2. The summed E-state index contributed by atoms with van der Waals surface area (Å²) in [7, 11) is 0. The molecule has 2 nitrogen and oxygen atoms in total. The SMILES string of the molecule is CC(C)n1ccc2c(CCO)cccc21. The van der Waals surface area contributed by atoms with Gasteiger partial charge in [0.05, 0.1) is 0 Å². The summed E-state index contributed by atoms with van der Waals surface area (Å²) in [6.07, 6.45) is 2.86. The molecule has 0 aliphatic rings. The maximum atomic E-state index is 8.99. The fourth-order valence-corrected chi connectivity index (χ4v) is 2.04. The predicted octanol–water partition coefficient (Wildman–Crippen LogP) is 2.76. The summed E-state index contributed by atoms with van der Waals surface area (Å²) < 4.78 is 2.26. The van der Waals surface area contributed by atoms with Crippen molar-refractivity contribution in [3.05, 3.63) is 36.0 Å². The molecule has 2 aromatic rings. The largest absolute Gasteiger partial charge is 0.396 e. The molecule has 0 aliphatic heterocycles. The number of aliphatic hydroxyl groups excluding tert-OH is 1. The molecular formula is C13H17NO. The predicted molar refractivity (Wildman–Crippen MR) is 63.1 cm³/mol. The number of rotatable bonds is 3. The van der Waals surface area contributed by atoms with Crippen LogP contribution in [0, 0.1) is 0 Å². The van der Waals surface area contributed by atoms with E-state index < -0.39 is 0 Å². The van der Waals surface area contributed by atoms with E-state index in [1.807, 2.05) is 0 Å². The summed E-state index contributed by atoms with van der Waals surface area (Å²) >= 11 is 0. The quantitative estimate of drug-likeness (QED) is 0.815. The molecule has 0 spiro atoms. The van der Waals surface area contributed by atoms with Crippen molar-refractivity contribution in [1.29, 1.82) is 0 Å². The van der Waals surface area contributed by atoms with Gasteiger partial charge in [0, 0.05) is 29.7 Å². The number of hydrogen-bond donors (Lipinski definition) is 1. The zero-order valence-corrected chi connectivity index (χ0v) is 9.27. The van der Waals surface area contributed by atoms with E-state index in [4.69, 9.17) is 5.11 Å². The maximum Gasteiger partial charge on any atom is 0.0485 e. The van der Waals surface area contributed by atoms with Crippen molar-refractivity contribution in [2.75, 3.05) is 6.61 Å². The summed E-state index contributed by atoms with van der Waals surface area (Å²) in [5, 5.41) is 10.3. The van der Waals surface area contributed by atoms with E-state index in [0.717, 1.165) is 6.42 Å². The Labute approximate surface area is 90.2 Å². The van der Waals surface area contributed by atoms with Gasteiger partial charge in [-0.15, -0.1) is 0 Å². The lowest BCUT2D eigenvalue weighted by molar-refractivity contribution is 0.300. The van der Waals surface area contributed by atoms with Crippen LogP contribution in [0.5, 0.6) is 0 Å². The summed E-state index contributed by atoms with van der Waals surface area (Å²) in [6.45, 7) is 4.57. The van der Waals surface area contributed by atoms with Gasteiger partial charge in [0.15, 0.2) is 0 Å². The molecule has 0 unspecified atom stereocenters. The summed E-state index contributed by atoms with van der Waals surface area (Å²) in [6, 6.07) is 8.90. The molecule has 1 aromatic carbocycles. The van der Waals surface area contributed by atoms with Gasteiger partial charge in [-0.1, -0.05) is 12.1 Å². The Balaban J connectivity index is 2.58. The van der Waals surface area contributed by atoms with Crippen molar-refractivity contribution in [3.8, 4) is 0 Å². The molecule has 0 aliphatic carbocycles. The van der Waals surface area contributed by atoms with Crippen LogP contribution in [0.1, 0.15) is 25.5 Å². The van der Waals surface area contributed by atoms with Crippen molar-refractivity contribution in [2.24, 2.45) is 0 Å². The summed E-state index contributed by atoms with van der Waals surface area (Å²) in [5.74, 6) is 0. The highest BCUT2D eigenvalue weighted by molar-refractivity contribution is 5.83. The monoisotopic (exact) mass is 203 g/mol. The molecule has 1 aromatic heterocycles. The third kappa shape index (κ3) is 1.77. The smallest absolute Gasteiger partial charge is 0.0485 e. The van der Waals surface area contributed by atoms with Gasteiger partial charge in [-0.05, 0) is 38.0 Å². The molecule has 0 saturated carbocycles. The molecule has 1 heterocycles. The van der Waals surface area contributed by atoms with E-state index >= 15 is 0 Å². The second-order valence-electron chi connectivity index (χ2n) is 4.14. The van der Waals surface area contributed by atoms with Crippen molar-refractivity contribution in [1.82, 2.24) is 4.57 Å².